The lowest BCUT2D eigenvalue weighted by Crippen LogP contribution is -2.37. The van der Waals surface area contributed by atoms with E-state index in [0.29, 0.717) is 24.1 Å². The summed E-state index contributed by atoms with van der Waals surface area (Å²) in [7, 11) is 1.66. The number of hydrogen-bond donors (Lipinski definition) is 1. The molecule has 272 valence electrons. The lowest BCUT2D eigenvalue weighted by molar-refractivity contribution is -0.870. The van der Waals surface area contributed by atoms with Crippen molar-refractivity contribution < 1.29 is 37.3 Å². The molecular weight excluding hydrogens is 601 g/mol. The molecule has 0 aromatic carbocycles. The zero-order valence-corrected chi connectivity index (χ0v) is 31.5. The Morgan fingerprint density at radius 3 is 1.74 bits per heavy atom. The molecule has 9 heteroatoms. The molecule has 0 fully saturated rings. The second kappa shape index (κ2) is 31.3. The monoisotopic (exact) mass is 675 g/mol. The Kier molecular flexibility index (Phi) is 30.6. The molecular formula is C37H73NO7P+. The zero-order chi connectivity index (χ0) is 34.2. The molecule has 8 nitrogen and oxygen atoms in total. The number of phosphoric ester groups is 1. The molecule has 0 aromatic rings. The van der Waals surface area contributed by atoms with Crippen LogP contribution in [0.15, 0.2) is 24.3 Å². The largest absolute Gasteiger partial charge is 0.472 e. The minimum absolute atomic E-state index is 0.0877. The van der Waals surface area contributed by atoms with Gasteiger partial charge in [-0.2, -0.15) is 0 Å². The van der Waals surface area contributed by atoms with Crippen molar-refractivity contribution in [2.75, 3.05) is 54.1 Å². The molecule has 0 saturated heterocycles. The van der Waals surface area contributed by atoms with Gasteiger partial charge < -0.3 is 18.9 Å². The Morgan fingerprint density at radius 2 is 1.20 bits per heavy atom. The standard InChI is InChI=1S/C37H72NO7P/c1-6-8-10-11-12-13-14-15-16-17-18-19-20-21-22-23-24-25-26-27-28-29-32-42-34-36(45-37(39)30-9-7-2)35-44-46(40,41)43-33-31-38(3,4)5/h14-15,17-18,36H,6-13,16,19-35H2,1-5H3/p+1/b15-14-,18-17-. The molecule has 0 aliphatic carbocycles. The Morgan fingerprint density at radius 1 is 0.674 bits per heavy atom. The van der Waals surface area contributed by atoms with Gasteiger partial charge in [0.05, 0.1) is 34.4 Å². The van der Waals surface area contributed by atoms with E-state index >= 15 is 0 Å². The highest BCUT2D eigenvalue weighted by Gasteiger charge is 2.26. The van der Waals surface area contributed by atoms with Crippen molar-refractivity contribution in [1.82, 2.24) is 0 Å². The summed E-state index contributed by atoms with van der Waals surface area (Å²) in [6, 6.07) is 0. The number of allylic oxidation sites excluding steroid dienone is 4. The molecule has 0 aliphatic rings. The Balaban J connectivity index is 3.85. The van der Waals surface area contributed by atoms with Crippen molar-refractivity contribution in [3.63, 3.8) is 0 Å². The molecule has 46 heavy (non-hydrogen) atoms. The molecule has 0 spiro atoms. The maximum atomic E-state index is 12.3. The predicted molar refractivity (Wildman–Crippen MR) is 192 cm³/mol. The second-order valence-electron chi connectivity index (χ2n) is 13.6. The van der Waals surface area contributed by atoms with Gasteiger partial charge in [0.25, 0.3) is 0 Å². The molecule has 0 aromatic heterocycles. The van der Waals surface area contributed by atoms with Gasteiger partial charge >= 0.3 is 13.8 Å². The van der Waals surface area contributed by atoms with Crippen LogP contribution in [0.3, 0.4) is 0 Å². The summed E-state index contributed by atoms with van der Waals surface area (Å²) in [5, 5.41) is 0. The van der Waals surface area contributed by atoms with E-state index < -0.39 is 13.9 Å². The Hall–Kier alpha value is -1.02. The number of phosphoric acid groups is 1. The number of carbonyl (C=O) groups excluding carboxylic acids is 1. The SMILES string of the molecule is CCCCCCC/C=C\C/C=C\CCCCCCCCCCCCOCC(COP(=O)(O)OCC[N+](C)(C)C)OC(=O)CCCC. The number of hydrogen-bond acceptors (Lipinski definition) is 6. The van der Waals surface area contributed by atoms with Crippen LogP contribution in [0.25, 0.3) is 0 Å². The molecule has 0 saturated carbocycles. The van der Waals surface area contributed by atoms with Crippen LogP contribution in [0.2, 0.25) is 0 Å². The number of likely N-dealkylation sites (N-methyl/N-ethyl adjacent to an activating group) is 1. The van der Waals surface area contributed by atoms with Gasteiger partial charge in [0.15, 0.2) is 0 Å². The summed E-state index contributed by atoms with van der Waals surface area (Å²) in [6.45, 7) is 5.36. The highest BCUT2D eigenvalue weighted by atomic mass is 31.2. The summed E-state index contributed by atoms with van der Waals surface area (Å²) in [4.78, 5) is 22.2. The van der Waals surface area contributed by atoms with Crippen LogP contribution in [0.4, 0.5) is 0 Å². The zero-order valence-electron chi connectivity index (χ0n) is 30.6. The van der Waals surface area contributed by atoms with Crippen LogP contribution in [-0.4, -0.2) is 75.6 Å². The Labute approximate surface area is 283 Å². The topological polar surface area (TPSA) is 91.3 Å². The maximum Gasteiger partial charge on any atom is 0.472 e. The van der Waals surface area contributed by atoms with Crippen LogP contribution in [0.5, 0.6) is 0 Å². The Bertz CT molecular complexity index is 797. The second-order valence-corrected chi connectivity index (χ2v) is 15.1. The van der Waals surface area contributed by atoms with E-state index in [1.807, 2.05) is 28.1 Å². The van der Waals surface area contributed by atoms with Gasteiger partial charge in [0.2, 0.25) is 0 Å². The smallest absolute Gasteiger partial charge is 0.457 e. The van der Waals surface area contributed by atoms with Crippen molar-refractivity contribution in [3.05, 3.63) is 24.3 Å². The van der Waals surface area contributed by atoms with Gasteiger partial charge in [0, 0.05) is 13.0 Å². The minimum Gasteiger partial charge on any atom is -0.457 e. The average molecular weight is 675 g/mol. The number of unbranched alkanes of at least 4 members (excludes halogenated alkanes) is 16. The first-order valence-electron chi connectivity index (χ1n) is 18.6. The fourth-order valence-corrected chi connectivity index (χ4v) is 5.54. The van der Waals surface area contributed by atoms with Crippen LogP contribution >= 0.6 is 7.82 Å². The quantitative estimate of drug-likeness (QED) is 0.0239. The summed E-state index contributed by atoms with van der Waals surface area (Å²) < 4.78 is 34.3. The maximum absolute atomic E-state index is 12.3. The third-order valence-electron chi connectivity index (χ3n) is 7.77. The van der Waals surface area contributed by atoms with Gasteiger partial charge in [-0.15, -0.1) is 0 Å². The van der Waals surface area contributed by atoms with Gasteiger partial charge in [0.1, 0.15) is 19.3 Å². The number of nitrogens with zero attached hydrogens (tertiary/aromatic N) is 1. The summed E-state index contributed by atoms with van der Waals surface area (Å²) in [6.07, 6.45) is 33.2. The normalized spacial score (nSPS) is 14.3. The van der Waals surface area contributed by atoms with Crippen LogP contribution in [0, 0.1) is 0 Å². The van der Waals surface area contributed by atoms with Crippen molar-refractivity contribution in [3.8, 4) is 0 Å². The first-order chi connectivity index (χ1) is 22.1. The van der Waals surface area contributed by atoms with E-state index in [4.69, 9.17) is 18.5 Å². The molecule has 2 atom stereocenters. The van der Waals surface area contributed by atoms with Crippen molar-refractivity contribution >= 4 is 13.8 Å². The fraction of sp³-hybridized carbons (Fsp3) is 0.865. The van der Waals surface area contributed by atoms with Gasteiger partial charge in [-0.25, -0.2) is 4.57 Å². The average Bonchev–Trinajstić information content (AvgIpc) is 3.00. The van der Waals surface area contributed by atoms with E-state index in [1.165, 1.54) is 96.3 Å². The van der Waals surface area contributed by atoms with Crippen LogP contribution in [-0.2, 0) is 27.9 Å². The van der Waals surface area contributed by atoms with E-state index in [0.717, 1.165) is 32.1 Å². The first kappa shape index (κ1) is 45.0. The number of ether oxygens (including phenoxy) is 2. The van der Waals surface area contributed by atoms with Crippen molar-refractivity contribution in [2.24, 2.45) is 0 Å². The summed E-state index contributed by atoms with van der Waals surface area (Å²) in [5.74, 6) is -0.350. The molecule has 0 amide bonds. The number of esters is 1. The number of carbonyl (C=O) groups is 1. The van der Waals surface area contributed by atoms with Gasteiger partial charge in [-0.1, -0.05) is 122 Å². The van der Waals surface area contributed by atoms with E-state index in [2.05, 4.69) is 31.2 Å². The fourth-order valence-electron chi connectivity index (χ4n) is 4.79. The van der Waals surface area contributed by atoms with Gasteiger partial charge in [-0.05, 0) is 44.9 Å². The third kappa shape index (κ3) is 34.3. The molecule has 0 aliphatic heterocycles. The van der Waals surface area contributed by atoms with Crippen molar-refractivity contribution in [2.45, 2.75) is 155 Å². The van der Waals surface area contributed by atoms with Crippen LogP contribution in [0.1, 0.15) is 149 Å². The number of rotatable bonds is 34. The van der Waals surface area contributed by atoms with Gasteiger partial charge in [-0.3, -0.25) is 13.8 Å². The molecule has 0 bridgehead atoms. The van der Waals surface area contributed by atoms with Crippen LogP contribution < -0.4 is 0 Å². The third-order valence-corrected chi connectivity index (χ3v) is 8.75. The van der Waals surface area contributed by atoms with E-state index in [-0.39, 0.29) is 25.8 Å². The molecule has 1 N–H and O–H groups in total. The van der Waals surface area contributed by atoms with E-state index in [1.54, 1.807) is 0 Å². The minimum atomic E-state index is -4.24. The highest BCUT2D eigenvalue weighted by molar-refractivity contribution is 7.47. The first-order valence-corrected chi connectivity index (χ1v) is 20.1. The summed E-state index contributed by atoms with van der Waals surface area (Å²) >= 11 is 0. The molecule has 0 rings (SSSR count). The highest BCUT2D eigenvalue weighted by Crippen LogP contribution is 2.43. The molecule has 0 heterocycles. The molecule has 0 radical (unpaired) electrons. The summed E-state index contributed by atoms with van der Waals surface area (Å²) in [5.41, 5.74) is 0. The lowest BCUT2D eigenvalue weighted by Gasteiger charge is -2.24. The lowest BCUT2D eigenvalue weighted by atomic mass is 10.1. The molecule has 2 unspecified atom stereocenters. The van der Waals surface area contributed by atoms with Crippen molar-refractivity contribution in [1.29, 1.82) is 0 Å². The predicted octanol–water partition coefficient (Wildman–Crippen LogP) is 10.1. The van der Waals surface area contributed by atoms with E-state index in [9.17, 15) is 14.3 Å². The number of quaternary nitrogens is 1.